The molecule has 0 radical (unpaired) electrons. The van der Waals surface area contributed by atoms with Gasteiger partial charge in [-0.05, 0) is 12.1 Å². The SMILES string of the molecule is N#Cc1c(F)ccc(C(F)(F)F)c1CO. The van der Waals surface area contributed by atoms with Crippen LogP contribution in [-0.2, 0) is 12.8 Å². The highest BCUT2D eigenvalue weighted by molar-refractivity contribution is 5.44. The summed E-state index contributed by atoms with van der Waals surface area (Å²) in [5, 5.41) is 17.2. The van der Waals surface area contributed by atoms with Crippen LogP contribution in [0.4, 0.5) is 17.6 Å². The van der Waals surface area contributed by atoms with Crippen LogP contribution in [0.25, 0.3) is 0 Å². The minimum Gasteiger partial charge on any atom is -0.392 e. The summed E-state index contributed by atoms with van der Waals surface area (Å²) in [6, 6.07) is 2.35. The van der Waals surface area contributed by atoms with Crippen LogP contribution < -0.4 is 0 Å². The van der Waals surface area contributed by atoms with Gasteiger partial charge in [0.25, 0.3) is 0 Å². The normalized spacial score (nSPS) is 11.2. The molecule has 0 heterocycles. The molecule has 0 spiro atoms. The first-order valence-corrected chi connectivity index (χ1v) is 3.81. The Morgan fingerprint density at radius 3 is 2.33 bits per heavy atom. The number of aliphatic hydroxyl groups is 1. The number of aliphatic hydroxyl groups excluding tert-OH is 1. The van der Waals surface area contributed by atoms with Crippen LogP contribution in [-0.4, -0.2) is 5.11 Å². The molecule has 0 aliphatic carbocycles. The molecule has 0 aliphatic heterocycles. The van der Waals surface area contributed by atoms with Gasteiger partial charge < -0.3 is 5.11 Å². The molecule has 1 N–H and O–H groups in total. The first-order valence-electron chi connectivity index (χ1n) is 3.81. The lowest BCUT2D eigenvalue weighted by Crippen LogP contribution is -2.11. The van der Waals surface area contributed by atoms with E-state index in [-0.39, 0.29) is 0 Å². The second kappa shape index (κ2) is 3.87. The van der Waals surface area contributed by atoms with Crippen molar-refractivity contribution < 1.29 is 22.7 Å². The van der Waals surface area contributed by atoms with E-state index in [0.717, 1.165) is 0 Å². The summed E-state index contributed by atoms with van der Waals surface area (Å²) < 4.78 is 49.9. The maximum atomic E-state index is 12.9. The largest absolute Gasteiger partial charge is 0.416 e. The Labute approximate surface area is 82.4 Å². The molecule has 0 fully saturated rings. The van der Waals surface area contributed by atoms with Crippen LogP contribution in [0.3, 0.4) is 0 Å². The van der Waals surface area contributed by atoms with Gasteiger partial charge in [0.2, 0.25) is 0 Å². The topological polar surface area (TPSA) is 44.0 Å². The van der Waals surface area contributed by atoms with Gasteiger partial charge in [-0.15, -0.1) is 0 Å². The van der Waals surface area contributed by atoms with Crippen molar-refractivity contribution in [1.29, 1.82) is 5.26 Å². The summed E-state index contributed by atoms with van der Waals surface area (Å²) in [7, 11) is 0. The number of nitrogens with zero attached hydrogens (tertiary/aromatic N) is 1. The fraction of sp³-hybridized carbons (Fsp3) is 0.222. The Kier molecular flexibility index (Phi) is 2.95. The van der Waals surface area contributed by atoms with Crippen LogP contribution in [0.5, 0.6) is 0 Å². The lowest BCUT2D eigenvalue weighted by atomic mass is 10.0. The van der Waals surface area contributed by atoms with Crippen molar-refractivity contribution in [3.63, 3.8) is 0 Å². The van der Waals surface area contributed by atoms with E-state index < -0.39 is 35.3 Å². The molecule has 15 heavy (non-hydrogen) atoms. The third-order valence-corrected chi connectivity index (χ3v) is 1.84. The maximum absolute atomic E-state index is 12.9. The van der Waals surface area contributed by atoms with Crippen molar-refractivity contribution in [2.24, 2.45) is 0 Å². The van der Waals surface area contributed by atoms with Crippen LogP contribution in [0.1, 0.15) is 16.7 Å². The van der Waals surface area contributed by atoms with Crippen molar-refractivity contribution in [3.05, 3.63) is 34.6 Å². The Hall–Kier alpha value is -1.61. The molecule has 6 heteroatoms. The van der Waals surface area contributed by atoms with E-state index in [0.29, 0.717) is 12.1 Å². The zero-order valence-corrected chi connectivity index (χ0v) is 7.27. The van der Waals surface area contributed by atoms with Crippen molar-refractivity contribution in [2.75, 3.05) is 0 Å². The van der Waals surface area contributed by atoms with Crippen molar-refractivity contribution in [1.82, 2.24) is 0 Å². The van der Waals surface area contributed by atoms with Gasteiger partial charge in [-0.3, -0.25) is 0 Å². The van der Waals surface area contributed by atoms with E-state index >= 15 is 0 Å². The van der Waals surface area contributed by atoms with E-state index in [1.807, 2.05) is 0 Å². The van der Waals surface area contributed by atoms with E-state index in [9.17, 15) is 17.6 Å². The highest BCUT2D eigenvalue weighted by Gasteiger charge is 2.34. The third kappa shape index (κ3) is 2.07. The number of nitriles is 1. The van der Waals surface area contributed by atoms with Gasteiger partial charge in [0.1, 0.15) is 11.9 Å². The Morgan fingerprint density at radius 1 is 1.33 bits per heavy atom. The number of hydrogen-bond acceptors (Lipinski definition) is 2. The second-order valence-electron chi connectivity index (χ2n) is 2.72. The molecule has 2 nitrogen and oxygen atoms in total. The molecule has 0 saturated heterocycles. The smallest absolute Gasteiger partial charge is 0.392 e. The summed E-state index contributed by atoms with van der Waals surface area (Å²) in [5.74, 6) is -1.07. The molecule has 1 rings (SSSR count). The summed E-state index contributed by atoms with van der Waals surface area (Å²) in [5.41, 5.74) is -2.69. The first kappa shape index (κ1) is 11.5. The van der Waals surface area contributed by atoms with Gasteiger partial charge in [0, 0.05) is 5.56 Å². The fourth-order valence-electron chi connectivity index (χ4n) is 1.17. The lowest BCUT2D eigenvalue weighted by Gasteiger charge is -2.12. The van der Waals surface area contributed by atoms with Crippen LogP contribution in [0.15, 0.2) is 12.1 Å². The molecule has 0 saturated carbocycles. The summed E-state index contributed by atoms with van der Waals surface area (Å²) in [4.78, 5) is 0. The average Bonchev–Trinajstić information content (AvgIpc) is 2.15. The van der Waals surface area contributed by atoms with Gasteiger partial charge in [0.15, 0.2) is 0 Å². The lowest BCUT2D eigenvalue weighted by molar-refractivity contribution is -0.138. The Bertz CT molecular complexity index is 419. The first-order chi connectivity index (χ1) is 6.91. The molecule has 0 aromatic heterocycles. The molecule has 1 aromatic rings. The zero-order valence-electron chi connectivity index (χ0n) is 7.27. The highest BCUT2D eigenvalue weighted by atomic mass is 19.4. The van der Waals surface area contributed by atoms with Gasteiger partial charge in [0.05, 0.1) is 17.7 Å². The van der Waals surface area contributed by atoms with Crippen LogP contribution in [0, 0.1) is 17.1 Å². The maximum Gasteiger partial charge on any atom is 0.416 e. The molecular weight excluding hydrogens is 214 g/mol. The molecule has 1 aromatic carbocycles. The van der Waals surface area contributed by atoms with Crippen molar-refractivity contribution >= 4 is 0 Å². The van der Waals surface area contributed by atoms with Crippen LogP contribution in [0.2, 0.25) is 0 Å². The molecule has 0 atom stereocenters. The molecular formula is C9H5F4NO. The Morgan fingerprint density at radius 2 is 1.93 bits per heavy atom. The number of alkyl halides is 3. The summed E-state index contributed by atoms with van der Waals surface area (Å²) >= 11 is 0. The Balaban J connectivity index is 3.51. The van der Waals surface area contributed by atoms with Gasteiger partial charge in [-0.2, -0.15) is 18.4 Å². The average molecular weight is 219 g/mol. The monoisotopic (exact) mass is 219 g/mol. The predicted molar refractivity (Wildman–Crippen MR) is 42.0 cm³/mol. The van der Waals surface area contributed by atoms with E-state index in [1.54, 1.807) is 0 Å². The second-order valence-corrected chi connectivity index (χ2v) is 2.72. The van der Waals surface area contributed by atoms with Crippen molar-refractivity contribution in [3.8, 4) is 6.07 Å². The summed E-state index contributed by atoms with van der Waals surface area (Å²) in [6.07, 6.45) is -4.71. The predicted octanol–water partition coefficient (Wildman–Crippen LogP) is 2.21. The van der Waals surface area contributed by atoms with Gasteiger partial charge in [-0.1, -0.05) is 0 Å². The zero-order chi connectivity index (χ0) is 11.6. The van der Waals surface area contributed by atoms with E-state index in [1.165, 1.54) is 6.07 Å². The number of rotatable bonds is 1. The minimum atomic E-state index is -4.71. The number of benzene rings is 1. The highest BCUT2D eigenvalue weighted by Crippen LogP contribution is 2.34. The van der Waals surface area contributed by atoms with Gasteiger partial charge in [-0.25, -0.2) is 4.39 Å². The fourth-order valence-corrected chi connectivity index (χ4v) is 1.17. The molecule has 80 valence electrons. The molecule has 0 aliphatic rings. The number of halogens is 4. The molecule has 0 amide bonds. The molecule has 0 unspecified atom stereocenters. The van der Waals surface area contributed by atoms with Gasteiger partial charge >= 0.3 is 6.18 Å². The quantitative estimate of drug-likeness (QED) is 0.736. The summed E-state index contributed by atoms with van der Waals surface area (Å²) in [6.45, 7) is -1.03. The van der Waals surface area contributed by atoms with Crippen molar-refractivity contribution in [2.45, 2.75) is 12.8 Å². The molecule has 0 bridgehead atoms. The standard InChI is InChI=1S/C9H5F4NO/c10-8-2-1-7(9(11,12)13)6(4-15)5(8)3-14/h1-2,15H,4H2. The number of hydrogen-bond donors (Lipinski definition) is 1. The van der Waals surface area contributed by atoms with Crippen LogP contribution >= 0.6 is 0 Å². The third-order valence-electron chi connectivity index (χ3n) is 1.84. The minimum absolute atomic E-state index is 0.502. The van der Waals surface area contributed by atoms with E-state index in [4.69, 9.17) is 10.4 Å². The van der Waals surface area contributed by atoms with E-state index in [2.05, 4.69) is 0 Å².